The van der Waals surface area contributed by atoms with E-state index in [1.807, 2.05) is 0 Å². The average molecular weight is 300 g/mol. The van der Waals surface area contributed by atoms with Crippen molar-refractivity contribution < 1.29 is 13.2 Å². The van der Waals surface area contributed by atoms with E-state index in [9.17, 15) is 13.2 Å². The van der Waals surface area contributed by atoms with Crippen molar-refractivity contribution in [3.05, 3.63) is 27.8 Å². The number of rotatable bonds is 0. The van der Waals surface area contributed by atoms with Crippen molar-refractivity contribution in [1.82, 2.24) is 14.4 Å². The van der Waals surface area contributed by atoms with Gasteiger partial charge in [0, 0.05) is 12.3 Å². The van der Waals surface area contributed by atoms with E-state index < -0.39 is 11.9 Å². The maximum atomic E-state index is 12.3. The molecule has 2 heterocycles. The number of imidazole rings is 1. The van der Waals surface area contributed by atoms with Crippen LogP contribution in [0.4, 0.5) is 13.2 Å². The molecule has 0 aliphatic rings. The third-order valence-corrected chi connectivity index (χ3v) is 2.42. The van der Waals surface area contributed by atoms with Gasteiger partial charge in [-0.2, -0.15) is 13.2 Å². The number of nitrogens with zero attached hydrogens (tertiary/aromatic N) is 3. The van der Waals surface area contributed by atoms with Gasteiger partial charge < -0.3 is 0 Å². The number of hydrogen-bond donors (Lipinski definition) is 0. The van der Waals surface area contributed by atoms with Crippen molar-refractivity contribution in [2.45, 2.75) is 6.18 Å². The molecule has 0 fully saturated rings. The minimum Gasteiger partial charge on any atom is -0.278 e. The molecule has 0 radical (unpaired) electrons. The maximum absolute atomic E-state index is 12.3. The molecule has 0 aromatic carbocycles. The molecule has 2 rings (SSSR count). The predicted octanol–water partition coefficient (Wildman–Crippen LogP) is 3.16. The molecule has 3 nitrogen and oxygen atoms in total. The Morgan fingerprint density at radius 3 is 2.60 bits per heavy atom. The van der Waals surface area contributed by atoms with E-state index in [1.165, 1.54) is 6.07 Å². The van der Waals surface area contributed by atoms with E-state index in [0.29, 0.717) is 0 Å². The fraction of sp³-hybridized carbons (Fsp3) is 0.143. The van der Waals surface area contributed by atoms with Crippen molar-refractivity contribution in [2.24, 2.45) is 0 Å². The van der Waals surface area contributed by atoms with Gasteiger partial charge in [0.25, 0.3) is 0 Å². The van der Waals surface area contributed by atoms with Crippen LogP contribution in [0.3, 0.4) is 0 Å². The summed E-state index contributed by atoms with van der Waals surface area (Å²) in [6.07, 6.45) is -3.62. The minimum absolute atomic E-state index is 0.0775. The van der Waals surface area contributed by atoms with Crippen LogP contribution in [-0.4, -0.2) is 14.4 Å². The summed E-state index contributed by atoms with van der Waals surface area (Å²) in [7, 11) is 0. The number of aromatic nitrogens is 3. The van der Waals surface area contributed by atoms with Gasteiger partial charge in [0.05, 0.1) is 0 Å². The number of hydrogen-bond acceptors (Lipinski definition) is 2. The molecule has 0 spiro atoms. The zero-order valence-electron chi connectivity index (χ0n) is 6.89. The first kappa shape index (κ1) is 10.7. The number of alkyl halides is 3. The third kappa shape index (κ3) is 1.93. The molecule has 0 unspecified atom stereocenters. The highest BCUT2D eigenvalue weighted by Crippen LogP contribution is 2.29. The van der Waals surface area contributed by atoms with E-state index in [0.717, 1.165) is 10.6 Å². The van der Waals surface area contributed by atoms with Gasteiger partial charge in [-0.05, 0) is 15.9 Å². The van der Waals surface area contributed by atoms with Gasteiger partial charge in [-0.25, -0.2) is 9.97 Å². The molecule has 2 aromatic heterocycles. The molecule has 0 bridgehead atoms. The summed E-state index contributed by atoms with van der Waals surface area (Å²) >= 11 is 8.56. The van der Waals surface area contributed by atoms with Crippen molar-refractivity contribution in [3.63, 3.8) is 0 Å². The van der Waals surface area contributed by atoms with Gasteiger partial charge in [0.1, 0.15) is 10.8 Å². The van der Waals surface area contributed by atoms with E-state index in [2.05, 4.69) is 25.9 Å². The molecule has 0 atom stereocenters. The molecule has 0 N–H and O–H groups in total. The molecule has 2 aromatic rings. The highest BCUT2D eigenvalue weighted by atomic mass is 79.9. The van der Waals surface area contributed by atoms with Crippen LogP contribution in [0.15, 0.2) is 17.0 Å². The molecule has 0 aliphatic heterocycles. The molecule has 15 heavy (non-hydrogen) atoms. The topological polar surface area (TPSA) is 30.2 Å². The zero-order chi connectivity index (χ0) is 11.2. The Labute approximate surface area is 95.0 Å². The molecule has 8 heteroatoms. The minimum atomic E-state index is -4.47. The Bertz CT molecular complexity index is 522. The largest absolute Gasteiger partial charge is 0.434 e. The summed E-state index contributed by atoms with van der Waals surface area (Å²) in [6, 6.07) is 1.25. The summed E-state index contributed by atoms with van der Waals surface area (Å²) < 4.78 is 38.3. The predicted molar refractivity (Wildman–Crippen MR) is 50.7 cm³/mol. The lowest BCUT2D eigenvalue weighted by molar-refractivity contribution is -0.140. The Hall–Kier alpha value is -0.820. The lowest BCUT2D eigenvalue weighted by Gasteiger charge is -1.98. The van der Waals surface area contributed by atoms with E-state index in [4.69, 9.17) is 11.6 Å². The Kier molecular flexibility index (Phi) is 2.38. The first-order valence-electron chi connectivity index (χ1n) is 3.66. The second-order valence-corrected chi connectivity index (χ2v) is 3.80. The van der Waals surface area contributed by atoms with Crippen LogP contribution < -0.4 is 0 Å². The summed E-state index contributed by atoms with van der Waals surface area (Å²) in [5.74, 6) is 0. The first-order valence-corrected chi connectivity index (χ1v) is 4.83. The van der Waals surface area contributed by atoms with E-state index in [1.54, 1.807) is 0 Å². The molecule has 0 saturated heterocycles. The Morgan fingerprint density at radius 1 is 1.33 bits per heavy atom. The monoisotopic (exact) mass is 299 g/mol. The average Bonchev–Trinajstić information content (AvgIpc) is 2.46. The highest BCUT2D eigenvalue weighted by molar-refractivity contribution is 9.10. The molecule has 0 aliphatic carbocycles. The quantitative estimate of drug-likeness (QED) is 0.552. The van der Waals surface area contributed by atoms with Crippen LogP contribution >= 0.6 is 27.5 Å². The molecule has 0 amide bonds. The second kappa shape index (κ2) is 3.34. The summed E-state index contributed by atoms with van der Waals surface area (Å²) in [5.41, 5.74) is -0.888. The maximum Gasteiger partial charge on any atom is 0.434 e. The van der Waals surface area contributed by atoms with Crippen LogP contribution in [0.5, 0.6) is 0 Å². The fourth-order valence-corrected chi connectivity index (χ4v) is 1.82. The molecule has 80 valence electrons. The van der Waals surface area contributed by atoms with Gasteiger partial charge in [-0.1, -0.05) is 11.6 Å². The first-order chi connectivity index (χ1) is 6.88. The van der Waals surface area contributed by atoms with Crippen LogP contribution in [0.2, 0.25) is 5.15 Å². The Morgan fingerprint density at radius 2 is 2.00 bits per heavy atom. The molecular weight excluding hydrogens is 298 g/mol. The van der Waals surface area contributed by atoms with Gasteiger partial charge in [-0.3, -0.25) is 4.40 Å². The van der Waals surface area contributed by atoms with Gasteiger partial charge >= 0.3 is 6.18 Å². The van der Waals surface area contributed by atoms with E-state index in [-0.39, 0.29) is 15.5 Å². The van der Waals surface area contributed by atoms with Crippen LogP contribution in [0.25, 0.3) is 5.65 Å². The van der Waals surface area contributed by atoms with Gasteiger partial charge in [0.15, 0.2) is 10.4 Å². The Balaban J connectivity index is 2.71. The normalized spacial score (nSPS) is 12.3. The lowest BCUT2D eigenvalue weighted by Crippen LogP contribution is -2.04. The number of halogens is 5. The van der Waals surface area contributed by atoms with Crippen molar-refractivity contribution >= 4 is 33.2 Å². The van der Waals surface area contributed by atoms with Crippen molar-refractivity contribution in [3.8, 4) is 0 Å². The van der Waals surface area contributed by atoms with Crippen LogP contribution in [-0.2, 0) is 6.18 Å². The summed E-state index contributed by atoms with van der Waals surface area (Å²) in [5, 5.41) is 0.0775. The second-order valence-electron chi connectivity index (χ2n) is 2.70. The smallest absolute Gasteiger partial charge is 0.278 e. The lowest BCUT2D eigenvalue weighted by atomic mass is 10.5. The van der Waals surface area contributed by atoms with Gasteiger partial charge in [0.2, 0.25) is 0 Å². The van der Waals surface area contributed by atoms with Crippen molar-refractivity contribution in [1.29, 1.82) is 0 Å². The fourth-order valence-electron chi connectivity index (χ4n) is 1.06. The standard InChI is InChI=1S/C7H2BrClF3N3/c8-6-14-4(9)1-5-13-3(2-15(5)6)7(10,11)12/h1-2H. The van der Waals surface area contributed by atoms with Crippen LogP contribution in [0.1, 0.15) is 5.69 Å². The highest BCUT2D eigenvalue weighted by Gasteiger charge is 2.34. The summed E-state index contributed by atoms with van der Waals surface area (Å²) in [4.78, 5) is 7.12. The van der Waals surface area contributed by atoms with E-state index >= 15 is 0 Å². The summed E-state index contributed by atoms with van der Waals surface area (Å²) in [6.45, 7) is 0. The molecular formula is C7H2BrClF3N3. The third-order valence-electron chi connectivity index (χ3n) is 1.67. The van der Waals surface area contributed by atoms with Crippen LogP contribution in [0, 0.1) is 0 Å². The molecule has 0 saturated carbocycles. The zero-order valence-corrected chi connectivity index (χ0v) is 9.23. The van der Waals surface area contributed by atoms with Gasteiger partial charge in [-0.15, -0.1) is 0 Å². The SMILES string of the molecule is FC(F)(F)c1cn2c(Br)nc(Cl)cc2n1. The number of fused-ring (bicyclic) bond motifs is 1. The van der Waals surface area contributed by atoms with Crippen molar-refractivity contribution in [2.75, 3.05) is 0 Å².